The Morgan fingerprint density at radius 3 is 2.94 bits per heavy atom. The highest BCUT2D eigenvalue weighted by atomic mass is 16.5. The van der Waals surface area contributed by atoms with Crippen LogP contribution >= 0.6 is 0 Å². The summed E-state index contributed by atoms with van der Waals surface area (Å²) < 4.78 is 5.65. The van der Waals surface area contributed by atoms with Crippen molar-refractivity contribution in [3.05, 3.63) is 0 Å². The van der Waals surface area contributed by atoms with Gasteiger partial charge in [0.25, 0.3) is 0 Å². The lowest BCUT2D eigenvalue weighted by Gasteiger charge is -2.32. The van der Waals surface area contributed by atoms with Crippen LogP contribution in [0.15, 0.2) is 0 Å². The van der Waals surface area contributed by atoms with E-state index in [1.54, 1.807) is 0 Å². The summed E-state index contributed by atoms with van der Waals surface area (Å²) in [6.45, 7) is 12.6. The third kappa shape index (κ3) is 3.19. The molecule has 0 aromatic heterocycles. The highest BCUT2D eigenvalue weighted by molar-refractivity contribution is 4.86. The molecule has 0 aromatic rings. The van der Waals surface area contributed by atoms with Crippen molar-refractivity contribution in [1.29, 1.82) is 0 Å². The lowest BCUT2D eigenvalue weighted by Crippen LogP contribution is -2.47. The van der Waals surface area contributed by atoms with Crippen LogP contribution in [0.2, 0.25) is 0 Å². The van der Waals surface area contributed by atoms with Gasteiger partial charge in [0.1, 0.15) is 0 Å². The molecule has 2 saturated heterocycles. The van der Waals surface area contributed by atoms with Crippen LogP contribution in [0.4, 0.5) is 0 Å². The molecule has 0 bridgehead atoms. The summed E-state index contributed by atoms with van der Waals surface area (Å²) in [5.41, 5.74) is 0.263. The third-order valence-electron chi connectivity index (χ3n) is 3.90. The average molecular weight is 226 g/mol. The van der Waals surface area contributed by atoms with Crippen LogP contribution in [-0.4, -0.2) is 49.3 Å². The molecule has 0 amide bonds. The van der Waals surface area contributed by atoms with Gasteiger partial charge >= 0.3 is 0 Å². The van der Waals surface area contributed by atoms with Crippen molar-refractivity contribution in [2.45, 2.75) is 45.3 Å². The predicted octanol–water partition coefficient (Wildman–Crippen LogP) is 1.49. The van der Waals surface area contributed by atoms with Crippen LogP contribution in [0, 0.1) is 5.92 Å². The van der Waals surface area contributed by atoms with E-state index in [-0.39, 0.29) is 5.54 Å². The van der Waals surface area contributed by atoms with E-state index in [0.717, 1.165) is 25.6 Å². The second kappa shape index (κ2) is 5.03. The first kappa shape index (κ1) is 12.3. The molecule has 3 heteroatoms. The highest BCUT2D eigenvalue weighted by Gasteiger charge is 2.29. The zero-order valence-corrected chi connectivity index (χ0v) is 11.0. The Morgan fingerprint density at radius 2 is 2.25 bits per heavy atom. The van der Waals surface area contributed by atoms with Crippen molar-refractivity contribution in [1.82, 2.24) is 10.2 Å². The smallest absolute Gasteiger partial charge is 0.0588 e. The van der Waals surface area contributed by atoms with Crippen LogP contribution in [0.5, 0.6) is 0 Å². The molecule has 0 aromatic carbocycles. The molecule has 2 aliphatic heterocycles. The summed E-state index contributed by atoms with van der Waals surface area (Å²) in [7, 11) is 0. The van der Waals surface area contributed by atoms with Crippen LogP contribution in [-0.2, 0) is 4.74 Å². The van der Waals surface area contributed by atoms with Gasteiger partial charge in [-0.05, 0) is 52.6 Å². The summed E-state index contributed by atoms with van der Waals surface area (Å²) in [6, 6.07) is 0. The Balaban J connectivity index is 1.88. The van der Waals surface area contributed by atoms with E-state index in [2.05, 4.69) is 31.0 Å². The van der Waals surface area contributed by atoms with Gasteiger partial charge in [-0.15, -0.1) is 0 Å². The molecule has 2 unspecified atom stereocenters. The molecular weight excluding hydrogens is 200 g/mol. The third-order valence-corrected chi connectivity index (χ3v) is 3.90. The van der Waals surface area contributed by atoms with Crippen LogP contribution < -0.4 is 5.32 Å². The summed E-state index contributed by atoms with van der Waals surface area (Å²) in [4.78, 5) is 2.62. The van der Waals surface area contributed by atoms with Crippen molar-refractivity contribution >= 4 is 0 Å². The fraction of sp³-hybridized carbons (Fsp3) is 1.00. The number of nitrogens with zero attached hydrogens (tertiary/aromatic N) is 1. The monoisotopic (exact) mass is 226 g/mol. The van der Waals surface area contributed by atoms with E-state index in [9.17, 15) is 0 Å². The van der Waals surface area contributed by atoms with E-state index in [4.69, 9.17) is 4.74 Å². The van der Waals surface area contributed by atoms with Crippen molar-refractivity contribution in [3.63, 3.8) is 0 Å². The van der Waals surface area contributed by atoms with E-state index >= 15 is 0 Å². The maximum Gasteiger partial charge on any atom is 0.0588 e. The first-order chi connectivity index (χ1) is 7.57. The second-order valence-corrected chi connectivity index (χ2v) is 6.02. The topological polar surface area (TPSA) is 24.5 Å². The van der Waals surface area contributed by atoms with E-state index < -0.39 is 0 Å². The van der Waals surface area contributed by atoms with Gasteiger partial charge in [0.2, 0.25) is 0 Å². The fourth-order valence-electron chi connectivity index (χ4n) is 2.93. The molecule has 2 aliphatic rings. The summed E-state index contributed by atoms with van der Waals surface area (Å²) in [5.74, 6) is 0.744. The molecule has 2 atom stereocenters. The second-order valence-electron chi connectivity index (χ2n) is 6.02. The van der Waals surface area contributed by atoms with Gasteiger partial charge in [0.15, 0.2) is 0 Å². The highest BCUT2D eigenvalue weighted by Crippen LogP contribution is 2.23. The molecule has 1 N–H and O–H groups in total. The molecule has 0 radical (unpaired) electrons. The van der Waals surface area contributed by atoms with Gasteiger partial charge in [-0.3, -0.25) is 0 Å². The molecule has 3 nitrogen and oxygen atoms in total. The molecule has 2 rings (SSSR count). The summed E-state index contributed by atoms with van der Waals surface area (Å²) >= 11 is 0. The number of hydrogen-bond acceptors (Lipinski definition) is 3. The van der Waals surface area contributed by atoms with Crippen molar-refractivity contribution in [3.8, 4) is 0 Å². The number of hydrogen-bond donors (Lipinski definition) is 1. The van der Waals surface area contributed by atoms with E-state index in [1.165, 1.54) is 25.9 Å². The van der Waals surface area contributed by atoms with Crippen LogP contribution in [0.25, 0.3) is 0 Å². The minimum absolute atomic E-state index is 0.263. The first-order valence-electron chi connectivity index (χ1n) is 6.66. The average Bonchev–Trinajstić information content (AvgIpc) is 2.49. The summed E-state index contributed by atoms with van der Waals surface area (Å²) in [5, 5.41) is 3.61. The van der Waals surface area contributed by atoms with Gasteiger partial charge in [-0.25, -0.2) is 0 Å². The van der Waals surface area contributed by atoms with Gasteiger partial charge in [0.05, 0.1) is 6.10 Å². The minimum atomic E-state index is 0.263. The lowest BCUT2D eigenvalue weighted by atomic mass is 10.00. The van der Waals surface area contributed by atoms with Gasteiger partial charge in [0, 0.05) is 25.2 Å². The fourth-order valence-corrected chi connectivity index (χ4v) is 2.93. The zero-order valence-electron chi connectivity index (χ0n) is 11.0. The van der Waals surface area contributed by atoms with Gasteiger partial charge < -0.3 is 15.0 Å². The minimum Gasteiger partial charge on any atom is -0.378 e. The molecular formula is C13H26N2O. The molecule has 0 aliphatic carbocycles. The zero-order chi connectivity index (χ0) is 11.6. The Labute approximate surface area is 99.5 Å². The molecule has 2 heterocycles. The van der Waals surface area contributed by atoms with E-state index in [0.29, 0.717) is 6.10 Å². The maximum atomic E-state index is 5.65. The first-order valence-corrected chi connectivity index (χ1v) is 6.66. The molecule has 0 spiro atoms. The molecule has 0 saturated carbocycles. The van der Waals surface area contributed by atoms with E-state index in [1.807, 2.05) is 0 Å². The Kier molecular flexibility index (Phi) is 3.88. The number of rotatable bonds is 2. The van der Waals surface area contributed by atoms with Crippen LogP contribution in [0.1, 0.15) is 33.6 Å². The quantitative estimate of drug-likeness (QED) is 0.772. The van der Waals surface area contributed by atoms with Gasteiger partial charge in [-0.2, -0.15) is 0 Å². The van der Waals surface area contributed by atoms with Gasteiger partial charge in [-0.1, -0.05) is 0 Å². The summed E-state index contributed by atoms with van der Waals surface area (Å²) in [6.07, 6.45) is 2.97. The normalized spacial score (nSPS) is 36.2. The van der Waals surface area contributed by atoms with Crippen molar-refractivity contribution in [2.24, 2.45) is 5.92 Å². The lowest BCUT2D eigenvalue weighted by molar-refractivity contribution is 0.0899. The maximum absolute atomic E-state index is 5.65. The molecule has 16 heavy (non-hydrogen) atoms. The molecule has 2 fully saturated rings. The largest absolute Gasteiger partial charge is 0.378 e. The predicted molar refractivity (Wildman–Crippen MR) is 66.7 cm³/mol. The number of ether oxygens (including phenoxy) is 1. The van der Waals surface area contributed by atoms with Crippen molar-refractivity contribution < 1.29 is 4.74 Å². The standard InChI is InChI=1S/C13H26N2O/c1-11-12(5-8-16-11)9-15-7-4-6-14-13(2,3)10-15/h11-12,14H,4-10H2,1-3H3. The number of nitrogens with one attached hydrogen (secondary N) is 1. The van der Waals surface area contributed by atoms with Crippen molar-refractivity contribution in [2.75, 3.05) is 32.8 Å². The Bertz CT molecular complexity index is 230. The Hall–Kier alpha value is -0.120. The molecule has 94 valence electrons. The SMILES string of the molecule is CC1OCCC1CN1CCCNC(C)(C)C1. The Morgan fingerprint density at radius 1 is 1.44 bits per heavy atom. The van der Waals surface area contributed by atoms with Crippen LogP contribution in [0.3, 0.4) is 0 Å².